The van der Waals surface area contributed by atoms with Gasteiger partial charge in [0, 0.05) is 13.1 Å². The molecule has 0 saturated carbocycles. The van der Waals surface area contributed by atoms with Gasteiger partial charge in [-0.2, -0.15) is 0 Å². The van der Waals surface area contributed by atoms with Gasteiger partial charge in [-0.25, -0.2) is 8.42 Å². The van der Waals surface area contributed by atoms with Crippen molar-refractivity contribution in [3.05, 3.63) is 65.7 Å². The van der Waals surface area contributed by atoms with E-state index in [1.54, 1.807) is 32.0 Å². The predicted octanol–water partition coefficient (Wildman–Crippen LogP) is 3.14. The molecular formula is C25H35N3O4S. The minimum atomic E-state index is -3.71. The quantitative estimate of drug-likeness (QED) is 0.480. The third-order valence-corrected chi connectivity index (χ3v) is 6.67. The van der Waals surface area contributed by atoms with E-state index in [1.165, 1.54) is 4.90 Å². The summed E-state index contributed by atoms with van der Waals surface area (Å²) in [6.45, 7) is 6.00. The van der Waals surface area contributed by atoms with Gasteiger partial charge in [0.05, 0.1) is 11.9 Å². The summed E-state index contributed by atoms with van der Waals surface area (Å²) < 4.78 is 26.3. The lowest BCUT2D eigenvalue weighted by atomic mass is 10.1. The van der Waals surface area contributed by atoms with Crippen molar-refractivity contribution in [3.63, 3.8) is 0 Å². The number of hydrogen-bond acceptors (Lipinski definition) is 4. The van der Waals surface area contributed by atoms with Crippen LogP contribution in [0.4, 0.5) is 5.69 Å². The Labute approximate surface area is 197 Å². The molecule has 0 fully saturated rings. The highest BCUT2D eigenvalue weighted by Crippen LogP contribution is 2.22. The molecule has 0 unspecified atom stereocenters. The highest BCUT2D eigenvalue weighted by atomic mass is 32.2. The molecule has 2 aromatic rings. The van der Waals surface area contributed by atoms with Gasteiger partial charge >= 0.3 is 0 Å². The largest absolute Gasteiger partial charge is 0.354 e. The highest BCUT2D eigenvalue weighted by Gasteiger charge is 2.30. The monoisotopic (exact) mass is 473 g/mol. The third kappa shape index (κ3) is 7.89. The first-order valence-corrected chi connectivity index (χ1v) is 13.1. The van der Waals surface area contributed by atoms with Crippen molar-refractivity contribution >= 4 is 27.5 Å². The van der Waals surface area contributed by atoms with Crippen LogP contribution in [0.25, 0.3) is 0 Å². The normalized spacial score (nSPS) is 12.1. The lowest BCUT2D eigenvalue weighted by molar-refractivity contribution is -0.138. The topological polar surface area (TPSA) is 86.8 Å². The first-order chi connectivity index (χ1) is 15.6. The summed E-state index contributed by atoms with van der Waals surface area (Å²) in [6, 6.07) is 16.0. The summed E-state index contributed by atoms with van der Waals surface area (Å²) in [5, 5.41) is 2.88. The van der Waals surface area contributed by atoms with Gasteiger partial charge in [0.1, 0.15) is 12.6 Å². The van der Waals surface area contributed by atoms with Crippen LogP contribution in [0.3, 0.4) is 0 Å². The maximum atomic E-state index is 13.4. The van der Waals surface area contributed by atoms with Crippen molar-refractivity contribution in [3.8, 4) is 0 Å². The molecule has 7 nitrogen and oxygen atoms in total. The van der Waals surface area contributed by atoms with Gasteiger partial charge in [0.25, 0.3) is 0 Å². The second-order valence-corrected chi connectivity index (χ2v) is 10.1. The van der Waals surface area contributed by atoms with Gasteiger partial charge < -0.3 is 10.2 Å². The minimum Gasteiger partial charge on any atom is -0.354 e. The van der Waals surface area contributed by atoms with E-state index in [4.69, 9.17) is 0 Å². The molecule has 0 aliphatic rings. The minimum absolute atomic E-state index is 0.244. The number of nitrogens with zero attached hydrogens (tertiary/aromatic N) is 2. The molecule has 8 heteroatoms. The summed E-state index contributed by atoms with van der Waals surface area (Å²) in [4.78, 5) is 27.6. The second-order valence-electron chi connectivity index (χ2n) is 8.20. The average molecular weight is 474 g/mol. The summed E-state index contributed by atoms with van der Waals surface area (Å²) in [7, 11) is -3.71. The number of carbonyl (C=O) groups is 2. The van der Waals surface area contributed by atoms with Crippen molar-refractivity contribution in [2.45, 2.75) is 46.1 Å². The Balaban J connectivity index is 2.28. The zero-order chi connectivity index (χ0) is 24.4. The Kier molecular flexibility index (Phi) is 9.91. The summed E-state index contributed by atoms with van der Waals surface area (Å²) >= 11 is 0. The smallest absolute Gasteiger partial charge is 0.244 e. The average Bonchev–Trinajstić information content (AvgIpc) is 2.78. The number of sulfonamides is 1. The van der Waals surface area contributed by atoms with Gasteiger partial charge in [-0.1, -0.05) is 61.9 Å². The van der Waals surface area contributed by atoms with Crippen molar-refractivity contribution in [2.75, 3.05) is 30.2 Å². The van der Waals surface area contributed by atoms with Crippen LogP contribution >= 0.6 is 0 Å². The standard InChI is InChI=1S/C25H35N3O4S/c1-5-6-17-26-25(30)21(3)27(18-16-22-13-8-7-9-14-22)24(29)19-28(33(4,31)32)23-15-11-10-12-20(23)2/h7-15,21H,5-6,16-19H2,1-4H3,(H,26,30)/t21-/m0/s1. The molecule has 1 N–H and O–H groups in total. The van der Waals surface area contributed by atoms with Crippen LogP contribution in [-0.2, 0) is 26.0 Å². The van der Waals surface area contributed by atoms with Crippen LogP contribution in [0, 0.1) is 6.92 Å². The SMILES string of the molecule is CCCCNC(=O)[C@H](C)N(CCc1ccccc1)C(=O)CN(c1ccccc1C)S(C)(=O)=O. The zero-order valence-electron chi connectivity index (χ0n) is 20.0. The van der Waals surface area contributed by atoms with Gasteiger partial charge in [-0.05, 0) is 43.9 Å². The van der Waals surface area contributed by atoms with Crippen LogP contribution in [-0.4, -0.2) is 57.1 Å². The number of anilines is 1. The molecule has 2 rings (SSSR count). The number of carbonyl (C=O) groups excluding carboxylic acids is 2. The first kappa shape index (κ1) is 26.4. The van der Waals surface area contributed by atoms with Crippen molar-refractivity contribution < 1.29 is 18.0 Å². The molecule has 0 saturated heterocycles. The fourth-order valence-corrected chi connectivity index (χ4v) is 4.45. The van der Waals surface area contributed by atoms with Gasteiger partial charge in [0.2, 0.25) is 21.8 Å². The molecule has 0 aliphatic carbocycles. The molecule has 0 bridgehead atoms. The van der Waals surface area contributed by atoms with E-state index in [1.807, 2.05) is 43.3 Å². The molecule has 1 atom stereocenters. The Morgan fingerprint density at radius 3 is 2.27 bits per heavy atom. The van der Waals surface area contributed by atoms with Crippen molar-refractivity contribution in [1.29, 1.82) is 0 Å². The number of rotatable bonds is 12. The lowest BCUT2D eigenvalue weighted by Gasteiger charge is -2.32. The van der Waals surface area contributed by atoms with Crippen LogP contribution < -0.4 is 9.62 Å². The van der Waals surface area contributed by atoms with E-state index in [9.17, 15) is 18.0 Å². The van der Waals surface area contributed by atoms with E-state index in [0.29, 0.717) is 25.2 Å². The number of hydrogen-bond donors (Lipinski definition) is 1. The lowest BCUT2D eigenvalue weighted by Crippen LogP contribution is -2.52. The van der Waals surface area contributed by atoms with E-state index < -0.39 is 22.0 Å². The molecule has 33 heavy (non-hydrogen) atoms. The number of benzene rings is 2. The van der Waals surface area contributed by atoms with Crippen LogP contribution in [0.2, 0.25) is 0 Å². The van der Waals surface area contributed by atoms with Gasteiger partial charge in [-0.15, -0.1) is 0 Å². The number of aryl methyl sites for hydroxylation is 1. The number of unbranched alkanes of at least 4 members (excludes halogenated alkanes) is 1. The van der Waals surface area contributed by atoms with E-state index >= 15 is 0 Å². The highest BCUT2D eigenvalue weighted by molar-refractivity contribution is 7.92. The van der Waals surface area contributed by atoms with Crippen molar-refractivity contribution in [1.82, 2.24) is 10.2 Å². The summed E-state index contributed by atoms with van der Waals surface area (Å²) in [5.74, 6) is -0.663. The maximum Gasteiger partial charge on any atom is 0.244 e. The van der Waals surface area contributed by atoms with Crippen LogP contribution in [0.5, 0.6) is 0 Å². The summed E-state index contributed by atoms with van der Waals surface area (Å²) in [6.07, 6.45) is 3.45. The molecule has 2 amide bonds. The van der Waals surface area contributed by atoms with Crippen molar-refractivity contribution in [2.24, 2.45) is 0 Å². The molecule has 0 spiro atoms. The Morgan fingerprint density at radius 2 is 1.67 bits per heavy atom. The molecule has 2 aromatic carbocycles. The van der Waals surface area contributed by atoms with E-state index in [2.05, 4.69) is 5.32 Å². The van der Waals surface area contributed by atoms with Gasteiger partial charge in [0.15, 0.2) is 0 Å². The Bertz CT molecular complexity index is 1020. The maximum absolute atomic E-state index is 13.4. The number of para-hydroxylation sites is 1. The molecular weight excluding hydrogens is 438 g/mol. The molecule has 0 heterocycles. The zero-order valence-corrected chi connectivity index (χ0v) is 20.8. The molecule has 180 valence electrons. The first-order valence-electron chi connectivity index (χ1n) is 11.3. The van der Waals surface area contributed by atoms with E-state index in [-0.39, 0.29) is 12.5 Å². The fourth-order valence-electron chi connectivity index (χ4n) is 3.54. The summed E-state index contributed by atoms with van der Waals surface area (Å²) in [5.41, 5.74) is 2.24. The van der Waals surface area contributed by atoms with E-state index in [0.717, 1.165) is 34.5 Å². The predicted molar refractivity (Wildman–Crippen MR) is 133 cm³/mol. The Hall–Kier alpha value is -2.87. The third-order valence-electron chi connectivity index (χ3n) is 5.54. The van der Waals surface area contributed by atoms with Crippen LogP contribution in [0.15, 0.2) is 54.6 Å². The number of amides is 2. The molecule has 0 aromatic heterocycles. The number of nitrogens with one attached hydrogen (secondary N) is 1. The van der Waals surface area contributed by atoms with Crippen LogP contribution in [0.1, 0.15) is 37.8 Å². The van der Waals surface area contributed by atoms with Gasteiger partial charge in [-0.3, -0.25) is 13.9 Å². The Morgan fingerprint density at radius 1 is 1.03 bits per heavy atom. The molecule has 0 aliphatic heterocycles. The fraction of sp³-hybridized carbons (Fsp3) is 0.440. The second kappa shape index (κ2) is 12.4. The molecule has 0 radical (unpaired) electrons.